The number of carbonyl (C=O) groups is 1. The second kappa shape index (κ2) is 5.37. The number of carbonyl (C=O) groups excluding carboxylic acids is 1. The van der Waals surface area contributed by atoms with Crippen LogP contribution in [0.4, 0.5) is 0 Å². The van der Waals surface area contributed by atoms with Crippen LogP contribution >= 0.6 is 22.9 Å². The summed E-state index contributed by atoms with van der Waals surface area (Å²) in [6, 6.07) is 14.5. The van der Waals surface area contributed by atoms with E-state index < -0.39 is 6.10 Å². The number of Topliss-reactive ketones (excluding diaryl/α,β-unsaturated/α-hetero) is 1. The standard InChI is InChI=1S/C16H11ClO2S/c17-13-7-3-1-6-11(13)15(18)16(19)12-9-20-14-8-4-2-5-10(12)14/h1-9,15,18H/t15-/m1/s1. The van der Waals surface area contributed by atoms with Crippen molar-refractivity contribution in [3.05, 3.63) is 70.1 Å². The smallest absolute Gasteiger partial charge is 0.197 e. The zero-order chi connectivity index (χ0) is 14.1. The maximum Gasteiger partial charge on any atom is 0.197 e. The molecule has 0 spiro atoms. The van der Waals surface area contributed by atoms with Gasteiger partial charge in [-0.15, -0.1) is 11.3 Å². The molecule has 1 atom stereocenters. The van der Waals surface area contributed by atoms with Gasteiger partial charge in [-0.05, 0) is 12.1 Å². The van der Waals surface area contributed by atoms with E-state index in [2.05, 4.69) is 0 Å². The Morgan fingerprint density at radius 1 is 1.10 bits per heavy atom. The summed E-state index contributed by atoms with van der Waals surface area (Å²) in [5, 5.41) is 13.3. The summed E-state index contributed by atoms with van der Waals surface area (Å²) in [5.41, 5.74) is 0.979. The van der Waals surface area contributed by atoms with Crippen LogP contribution < -0.4 is 0 Å². The SMILES string of the molecule is O=C(c1csc2ccccc12)[C@H](O)c1ccccc1Cl. The summed E-state index contributed by atoms with van der Waals surface area (Å²) in [7, 11) is 0. The van der Waals surface area contributed by atoms with Gasteiger partial charge in [0.15, 0.2) is 5.78 Å². The number of ketones is 1. The minimum absolute atomic E-state index is 0.324. The summed E-state index contributed by atoms with van der Waals surface area (Å²) in [6.45, 7) is 0. The monoisotopic (exact) mass is 302 g/mol. The van der Waals surface area contributed by atoms with Gasteiger partial charge in [-0.1, -0.05) is 48.0 Å². The van der Waals surface area contributed by atoms with E-state index in [9.17, 15) is 9.90 Å². The second-order valence-corrected chi connectivity index (χ2v) is 5.75. The largest absolute Gasteiger partial charge is 0.380 e. The van der Waals surface area contributed by atoms with E-state index in [0.29, 0.717) is 16.1 Å². The topological polar surface area (TPSA) is 37.3 Å². The van der Waals surface area contributed by atoms with Crippen molar-refractivity contribution in [2.75, 3.05) is 0 Å². The molecular weight excluding hydrogens is 292 g/mol. The van der Waals surface area contributed by atoms with Crippen LogP contribution in [0.5, 0.6) is 0 Å². The van der Waals surface area contributed by atoms with Gasteiger partial charge in [0.2, 0.25) is 0 Å². The maximum absolute atomic E-state index is 12.5. The maximum atomic E-state index is 12.5. The highest BCUT2D eigenvalue weighted by molar-refractivity contribution is 7.17. The van der Waals surface area contributed by atoms with Crippen molar-refractivity contribution in [1.82, 2.24) is 0 Å². The fourth-order valence-electron chi connectivity index (χ4n) is 2.15. The van der Waals surface area contributed by atoms with E-state index >= 15 is 0 Å². The molecule has 3 aromatic rings. The molecule has 0 aliphatic rings. The molecule has 0 aliphatic heterocycles. The minimum Gasteiger partial charge on any atom is -0.380 e. The Morgan fingerprint density at radius 3 is 2.60 bits per heavy atom. The first kappa shape index (κ1) is 13.3. The fourth-order valence-corrected chi connectivity index (χ4v) is 3.34. The summed E-state index contributed by atoms with van der Waals surface area (Å²) in [4.78, 5) is 12.5. The van der Waals surface area contributed by atoms with Crippen LogP contribution in [-0.4, -0.2) is 10.9 Å². The molecular formula is C16H11ClO2S. The first-order valence-corrected chi connectivity index (χ1v) is 7.37. The van der Waals surface area contributed by atoms with Crippen LogP contribution in [0.25, 0.3) is 10.1 Å². The Balaban J connectivity index is 2.03. The number of rotatable bonds is 3. The second-order valence-electron chi connectivity index (χ2n) is 4.43. The van der Waals surface area contributed by atoms with Gasteiger partial charge in [0.1, 0.15) is 6.10 Å². The molecule has 3 rings (SSSR count). The Morgan fingerprint density at radius 2 is 1.80 bits per heavy atom. The number of halogens is 1. The van der Waals surface area contributed by atoms with E-state index in [1.807, 2.05) is 24.3 Å². The number of benzene rings is 2. The lowest BCUT2D eigenvalue weighted by molar-refractivity contribution is 0.0750. The van der Waals surface area contributed by atoms with E-state index in [0.717, 1.165) is 10.1 Å². The summed E-state index contributed by atoms with van der Waals surface area (Å²) in [5.74, 6) is -0.324. The van der Waals surface area contributed by atoms with Crippen molar-refractivity contribution in [2.45, 2.75) is 6.10 Å². The van der Waals surface area contributed by atoms with Gasteiger partial charge in [0, 0.05) is 31.6 Å². The Labute approximate surface area is 125 Å². The van der Waals surface area contributed by atoms with E-state index in [1.54, 1.807) is 29.6 Å². The highest BCUT2D eigenvalue weighted by Crippen LogP contribution is 2.31. The molecule has 1 aromatic heterocycles. The highest BCUT2D eigenvalue weighted by atomic mass is 35.5. The van der Waals surface area contributed by atoms with Gasteiger partial charge in [0.25, 0.3) is 0 Å². The minimum atomic E-state index is -1.23. The van der Waals surface area contributed by atoms with Gasteiger partial charge >= 0.3 is 0 Å². The van der Waals surface area contributed by atoms with Crippen LogP contribution in [0.15, 0.2) is 53.9 Å². The number of hydrogen-bond donors (Lipinski definition) is 1. The van der Waals surface area contributed by atoms with E-state index in [4.69, 9.17) is 11.6 Å². The first-order valence-electron chi connectivity index (χ1n) is 6.11. The summed E-state index contributed by atoms with van der Waals surface area (Å²) in [6.07, 6.45) is -1.23. The van der Waals surface area contributed by atoms with Crippen molar-refractivity contribution in [3.63, 3.8) is 0 Å². The first-order chi connectivity index (χ1) is 9.68. The van der Waals surface area contributed by atoms with Gasteiger partial charge in [-0.2, -0.15) is 0 Å². The third-order valence-electron chi connectivity index (χ3n) is 3.19. The molecule has 4 heteroatoms. The zero-order valence-corrected chi connectivity index (χ0v) is 12.0. The number of fused-ring (bicyclic) bond motifs is 1. The molecule has 20 heavy (non-hydrogen) atoms. The van der Waals surface area contributed by atoms with Crippen LogP contribution in [0.2, 0.25) is 5.02 Å². The number of hydrogen-bond acceptors (Lipinski definition) is 3. The lowest BCUT2D eigenvalue weighted by Crippen LogP contribution is -2.12. The lowest BCUT2D eigenvalue weighted by Gasteiger charge is -2.11. The molecule has 1 heterocycles. The Hall–Kier alpha value is -1.68. The molecule has 1 N–H and O–H groups in total. The van der Waals surface area contributed by atoms with Crippen LogP contribution in [0.3, 0.4) is 0 Å². The Kier molecular flexibility index (Phi) is 3.57. The van der Waals surface area contributed by atoms with Crippen molar-refractivity contribution in [3.8, 4) is 0 Å². The molecule has 0 saturated heterocycles. The summed E-state index contributed by atoms with van der Waals surface area (Å²) < 4.78 is 1.03. The normalized spacial score (nSPS) is 12.5. The third kappa shape index (κ3) is 2.24. The van der Waals surface area contributed by atoms with E-state index in [-0.39, 0.29) is 5.78 Å². The predicted molar refractivity (Wildman–Crippen MR) is 82.6 cm³/mol. The van der Waals surface area contributed by atoms with Crippen molar-refractivity contribution < 1.29 is 9.90 Å². The molecule has 2 nitrogen and oxygen atoms in total. The molecule has 0 amide bonds. The number of thiophene rings is 1. The van der Waals surface area contributed by atoms with Gasteiger partial charge in [-0.25, -0.2) is 0 Å². The van der Waals surface area contributed by atoms with Crippen LogP contribution in [0, 0.1) is 0 Å². The molecule has 0 bridgehead atoms. The number of aliphatic hydroxyl groups is 1. The highest BCUT2D eigenvalue weighted by Gasteiger charge is 2.23. The summed E-state index contributed by atoms with van der Waals surface area (Å²) >= 11 is 7.53. The van der Waals surface area contributed by atoms with Gasteiger partial charge < -0.3 is 5.11 Å². The number of aliphatic hydroxyl groups excluding tert-OH is 1. The van der Waals surface area contributed by atoms with Gasteiger partial charge in [-0.3, -0.25) is 4.79 Å². The lowest BCUT2D eigenvalue weighted by atomic mass is 9.99. The molecule has 100 valence electrons. The van der Waals surface area contributed by atoms with Crippen molar-refractivity contribution in [1.29, 1.82) is 0 Å². The van der Waals surface area contributed by atoms with Crippen LogP contribution in [-0.2, 0) is 0 Å². The van der Waals surface area contributed by atoms with Gasteiger partial charge in [0.05, 0.1) is 0 Å². The Bertz CT molecular complexity index is 779. The quantitative estimate of drug-likeness (QED) is 0.725. The van der Waals surface area contributed by atoms with Crippen molar-refractivity contribution >= 4 is 38.8 Å². The average Bonchev–Trinajstić information content (AvgIpc) is 2.90. The molecule has 2 aromatic carbocycles. The average molecular weight is 303 g/mol. The zero-order valence-electron chi connectivity index (χ0n) is 10.4. The predicted octanol–water partition coefficient (Wildman–Crippen LogP) is 4.47. The van der Waals surface area contributed by atoms with Crippen molar-refractivity contribution in [2.24, 2.45) is 0 Å². The molecule has 0 radical (unpaired) electrons. The fraction of sp³-hybridized carbons (Fsp3) is 0.0625. The molecule has 0 fully saturated rings. The molecule has 0 unspecified atom stereocenters. The van der Waals surface area contributed by atoms with Crippen LogP contribution in [0.1, 0.15) is 22.0 Å². The van der Waals surface area contributed by atoms with E-state index in [1.165, 1.54) is 11.3 Å². The molecule has 0 aliphatic carbocycles. The third-order valence-corrected chi connectivity index (χ3v) is 4.50. The molecule has 0 saturated carbocycles.